The van der Waals surface area contributed by atoms with Gasteiger partial charge in [0.25, 0.3) is 5.89 Å². The fraction of sp³-hybridized carbons (Fsp3) is 0.316. The molecule has 3 aromatic heterocycles. The molecule has 0 amide bonds. The second-order valence-corrected chi connectivity index (χ2v) is 6.72. The molecular weight excluding hydrogens is 342 g/mol. The van der Waals surface area contributed by atoms with Gasteiger partial charge in [-0.25, -0.2) is 0 Å². The van der Waals surface area contributed by atoms with E-state index in [1.807, 2.05) is 41.2 Å². The summed E-state index contributed by atoms with van der Waals surface area (Å²) >= 11 is 0. The van der Waals surface area contributed by atoms with Gasteiger partial charge in [0.1, 0.15) is 0 Å². The highest BCUT2D eigenvalue weighted by atomic mass is 16.5. The van der Waals surface area contributed by atoms with Crippen molar-refractivity contribution in [1.29, 1.82) is 0 Å². The number of nitrogens with one attached hydrogen (secondary N) is 1. The molecule has 0 radical (unpaired) electrons. The van der Waals surface area contributed by atoms with E-state index in [2.05, 4.69) is 30.8 Å². The first-order chi connectivity index (χ1) is 13.4. The van der Waals surface area contributed by atoms with Crippen molar-refractivity contribution in [3.63, 3.8) is 0 Å². The van der Waals surface area contributed by atoms with Gasteiger partial charge in [0, 0.05) is 42.2 Å². The number of hydrogen-bond acceptors (Lipinski definition) is 7. The third-order valence-corrected chi connectivity index (χ3v) is 4.69. The number of rotatable bonds is 7. The van der Waals surface area contributed by atoms with Crippen LogP contribution in [0, 0.1) is 0 Å². The Bertz CT molecular complexity index is 1050. The molecule has 8 nitrogen and oxygen atoms in total. The van der Waals surface area contributed by atoms with E-state index >= 15 is 0 Å². The Morgan fingerprint density at radius 3 is 2.81 bits per heavy atom. The average molecular weight is 361 g/mol. The van der Waals surface area contributed by atoms with Gasteiger partial charge in [-0.2, -0.15) is 10.1 Å². The van der Waals surface area contributed by atoms with Crippen molar-refractivity contribution in [2.75, 3.05) is 11.9 Å². The van der Waals surface area contributed by atoms with Crippen molar-refractivity contribution < 1.29 is 4.52 Å². The molecule has 8 heteroatoms. The van der Waals surface area contributed by atoms with Gasteiger partial charge in [0.2, 0.25) is 0 Å². The second-order valence-electron chi connectivity index (χ2n) is 6.72. The molecule has 4 aromatic rings. The number of benzene rings is 1. The molecule has 5 rings (SSSR count). The maximum Gasteiger partial charge on any atom is 0.279 e. The van der Waals surface area contributed by atoms with E-state index in [4.69, 9.17) is 4.52 Å². The maximum atomic E-state index is 5.45. The number of nitrogens with zero attached hydrogens (tertiary/aromatic N) is 6. The standard InChI is InChI=1S/C19H19N7O/c1-2-6-15-14(5-1)16(19-22-17(25-27-19)13-7-8-13)23-24-18(15)20-9-3-11-26-12-4-10-21-26/h1-2,4-6,10,12-13H,3,7-9,11H2,(H,20,24). The molecule has 1 aliphatic rings. The van der Waals surface area contributed by atoms with Crippen molar-refractivity contribution in [2.24, 2.45) is 0 Å². The summed E-state index contributed by atoms with van der Waals surface area (Å²) < 4.78 is 7.36. The zero-order valence-corrected chi connectivity index (χ0v) is 14.7. The van der Waals surface area contributed by atoms with E-state index in [1.54, 1.807) is 6.20 Å². The minimum absolute atomic E-state index is 0.436. The topological polar surface area (TPSA) is 94.5 Å². The summed E-state index contributed by atoms with van der Waals surface area (Å²) in [5.74, 6) is 2.41. The molecule has 0 unspecified atom stereocenters. The molecular formula is C19H19N7O. The van der Waals surface area contributed by atoms with Crippen LogP contribution in [0.3, 0.4) is 0 Å². The van der Waals surface area contributed by atoms with Crippen LogP contribution in [0.25, 0.3) is 22.4 Å². The van der Waals surface area contributed by atoms with Crippen molar-refractivity contribution >= 4 is 16.6 Å². The van der Waals surface area contributed by atoms with Gasteiger partial charge in [0.15, 0.2) is 17.3 Å². The van der Waals surface area contributed by atoms with Crippen molar-refractivity contribution in [2.45, 2.75) is 31.7 Å². The quantitative estimate of drug-likeness (QED) is 0.505. The molecule has 0 atom stereocenters. The van der Waals surface area contributed by atoms with E-state index in [0.29, 0.717) is 17.5 Å². The molecule has 3 heterocycles. The van der Waals surface area contributed by atoms with Crippen LogP contribution in [0.15, 0.2) is 47.2 Å². The third kappa shape index (κ3) is 3.25. The molecule has 1 fully saturated rings. The summed E-state index contributed by atoms with van der Waals surface area (Å²) in [5.41, 5.74) is 0.632. The lowest BCUT2D eigenvalue weighted by molar-refractivity contribution is 0.421. The van der Waals surface area contributed by atoms with Crippen molar-refractivity contribution in [1.82, 2.24) is 30.1 Å². The molecule has 1 aliphatic carbocycles. The predicted octanol–water partition coefficient (Wildman–Crippen LogP) is 3.26. The Labute approximate surface area is 155 Å². The minimum atomic E-state index is 0.436. The van der Waals surface area contributed by atoms with Crippen LogP contribution in [-0.2, 0) is 6.54 Å². The zero-order valence-electron chi connectivity index (χ0n) is 14.7. The Kier molecular flexibility index (Phi) is 4.00. The Hall–Kier alpha value is -3.29. The number of aryl methyl sites for hydroxylation is 1. The van der Waals surface area contributed by atoms with E-state index in [1.165, 1.54) is 0 Å². The first-order valence-electron chi connectivity index (χ1n) is 9.19. The summed E-state index contributed by atoms with van der Waals surface area (Å²) in [6, 6.07) is 9.94. The van der Waals surface area contributed by atoms with Gasteiger partial charge in [-0.1, -0.05) is 29.4 Å². The smallest absolute Gasteiger partial charge is 0.279 e. The van der Waals surface area contributed by atoms with E-state index in [9.17, 15) is 0 Å². The number of aromatic nitrogens is 6. The van der Waals surface area contributed by atoms with Gasteiger partial charge < -0.3 is 9.84 Å². The van der Waals surface area contributed by atoms with Crippen LogP contribution in [0.4, 0.5) is 5.82 Å². The molecule has 0 spiro atoms. The number of hydrogen-bond donors (Lipinski definition) is 1. The summed E-state index contributed by atoms with van der Waals surface area (Å²) in [7, 11) is 0. The van der Waals surface area contributed by atoms with Gasteiger partial charge in [0.05, 0.1) is 0 Å². The summed E-state index contributed by atoms with van der Waals surface area (Å²) in [6.07, 6.45) is 6.95. The van der Waals surface area contributed by atoms with Crippen LogP contribution in [0.2, 0.25) is 0 Å². The van der Waals surface area contributed by atoms with Gasteiger partial charge >= 0.3 is 0 Å². The average Bonchev–Trinajstić information content (AvgIpc) is 3.21. The van der Waals surface area contributed by atoms with E-state index in [0.717, 1.165) is 54.8 Å². The van der Waals surface area contributed by atoms with Gasteiger partial charge in [-0.15, -0.1) is 10.2 Å². The second kappa shape index (κ2) is 6.79. The van der Waals surface area contributed by atoms with Crippen LogP contribution in [0.5, 0.6) is 0 Å². The summed E-state index contributed by atoms with van der Waals surface area (Å²) in [6.45, 7) is 1.64. The maximum absolute atomic E-state index is 5.45. The molecule has 0 saturated heterocycles. The minimum Gasteiger partial charge on any atom is -0.368 e. The largest absolute Gasteiger partial charge is 0.368 e. The fourth-order valence-electron chi connectivity index (χ4n) is 3.11. The SMILES string of the molecule is c1ccc2c(-c3nc(C4CC4)no3)nnc(NCCCn3cccn3)c2c1. The van der Waals surface area contributed by atoms with Crippen molar-refractivity contribution in [3.8, 4) is 11.6 Å². The van der Waals surface area contributed by atoms with Gasteiger partial charge in [-0.3, -0.25) is 4.68 Å². The Balaban J connectivity index is 1.37. The molecule has 1 N–H and O–H groups in total. The molecule has 136 valence electrons. The monoisotopic (exact) mass is 361 g/mol. The summed E-state index contributed by atoms with van der Waals surface area (Å²) in [4.78, 5) is 4.52. The molecule has 1 aromatic carbocycles. The molecule has 1 saturated carbocycles. The normalized spacial score (nSPS) is 13.9. The number of anilines is 1. The predicted molar refractivity (Wildman–Crippen MR) is 100 cm³/mol. The lowest BCUT2D eigenvalue weighted by Gasteiger charge is -2.09. The number of fused-ring (bicyclic) bond motifs is 1. The van der Waals surface area contributed by atoms with E-state index < -0.39 is 0 Å². The fourth-order valence-corrected chi connectivity index (χ4v) is 3.11. The Morgan fingerprint density at radius 1 is 1.11 bits per heavy atom. The lowest BCUT2D eigenvalue weighted by atomic mass is 10.1. The van der Waals surface area contributed by atoms with Crippen LogP contribution in [-0.4, -0.2) is 36.7 Å². The first kappa shape index (κ1) is 15.9. The molecule has 0 bridgehead atoms. The van der Waals surface area contributed by atoms with Gasteiger partial charge in [-0.05, 0) is 25.3 Å². The zero-order chi connectivity index (χ0) is 18.1. The van der Waals surface area contributed by atoms with E-state index in [-0.39, 0.29) is 0 Å². The van der Waals surface area contributed by atoms with Crippen LogP contribution in [0.1, 0.15) is 31.0 Å². The highest BCUT2D eigenvalue weighted by Crippen LogP contribution is 2.39. The summed E-state index contributed by atoms with van der Waals surface area (Å²) in [5, 5.41) is 22.4. The third-order valence-electron chi connectivity index (χ3n) is 4.69. The first-order valence-corrected chi connectivity index (χ1v) is 9.19. The molecule has 27 heavy (non-hydrogen) atoms. The van der Waals surface area contributed by atoms with Crippen LogP contribution < -0.4 is 5.32 Å². The highest BCUT2D eigenvalue weighted by molar-refractivity contribution is 5.98. The highest BCUT2D eigenvalue weighted by Gasteiger charge is 2.29. The van der Waals surface area contributed by atoms with Crippen molar-refractivity contribution in [3.05, 3.63) is 48.5 Å². The Morgan fingerprint density at radius 2 is 2.00 bits per heavy atom. The molecule has 0 aliphatic heterocycles. The van der Waals surface area contributed by atoms with Crippen LogP contribution >= 0.6 is 0 Å². The lowest BCUT2D eigenvalue weighted by Crippen LogP contribution is -2.09.